The van der Waals surface area contributed by atoms with Crippen LogP contribution in [0.3, 0.4) is 0 Å². The van der Waals surface area contributed by atoms with E-state index < -0.39 is 14.9 Å². The number of carbonyl (C=O) groups is 1. The molecular formula is C18H19N3O5S. The van der Waals surface area contributed by atoms with Crippen LogP contribution in [0.2, 0.25) is 0 Å². The van der Waals surface area contributed by atoms with Gasteiger partial charge in [0.05, 0.1) is 21.1 Å². The summed E-state index contributed by atoms with van der Waals surface area (Å²) in [7, 11) is -3.99. The molecule has 2 N–H and O–H groups in total. The number of hydrogen-bond acceptors (Lipinski definition) is 5. The van der Waals surface area contributed by atoms with Gasteiger partial charge in [0, 0.05) is 18.2 Å². The maximum Gasteiger partial charge on any atom is 0.269 e. The Morgan fingerprint density at radius 3 is 2.30 bits per heavy atom. The number of sulfonamides is 1. The third-order valence-electron chi connectivity index (χ3n) is 4.46. The predicted molar refractivity (Wildman–Crippen MR) is 100 cm³/mol. The molecule has 0 aliphatic heterocycles. The first-order chi connectivity index (χ1) is 12.9. The molecule has 2 aromatic carbocycles. The maximum absolute atomic E-state index is 12.6. The number of nitro benzene ring substituents is 1. The van der Waals surface area contributed by atoms with E-state index in [1.807, 2.05) is 0 Å². The zero-order valence-corrected chi connectivity index (χ0v) is 15.2. The highest BCUT2D eigenvalue weighted by Gasteiger charge is 2.22. The van der Waals surface area contributed by atoms with Gasteiger partial charge in [-0.15, -0.1) is 0 Å². The molecule has 0 radical (unpaired) electrons. The first-order valence-electron chi connectivity index (χ1n) is 8.54. The fourth-order valence-corrected chi connectivity index (χ4v) is 4.13. The van der Waals surface area contributed by atoms with Gasteiger partial charge in [-0.2, -0.15) is 0 Å². The Morgan fingerprint density at radius 1 is 1.04 bits per heavy atom. The van der Waals surface area contributed by atoms with Crippen molar-refractivity contribution in [3.05, 3.63) is 64.2 Å². The van der Waals surface area contributed by atoms with E-state index in [-0.39, 0.29) is 33.8 Å². The fraction of sp³-hybridized carbons (Fsp3) is 0.278. The molecule has 1 saturated carbocycles. The van der Waals surface area contributed by atoms with Crippen LogP contribution >= 0.6 is 0 Å². The number of nitrogens with zero attached hydrogens (tertiary/aromatic N) is 1. The molecule has 1 fully saturated rings. The Balaban J connectivity index is 1.82. The second-order valence-corrected chi connectivity index (χ2v) is 8.04. The van der Waals surface area contributed by atoms with Gasteiger partial charge in [0.1, 0.15) is 0 Å². The minimum Gasteiger partial charge on any atom is -0.349 e. The summed E-state index contributed by atoms with van der Waals surface area (Å²) in [5.74, 6) is -0.330. The highest BCUT2D eigenvalue weighted by molar-refractivity contribution is 7.92. The number of carbonyl (C=O) groups excluding carboxylic acids is 1. The van der Waals surface area contributed by atoms with Crippen LogP contribution in [0.15, 0.2) is 53.4 Å². The van der Waals surface area contributed by atoms with E-state index in [0.717, 1.165) is 49.9 Å². The van der Waals surface area contributed by atoms with Crippen LogP contribution in [0.1, 0.15) is 36.0 Å². The molecule has 2 aromatic rings. The molecule has 1 aliphatic rings. The van der Waals surface area contributed by atoms with Crippen molar-refractivity contribution in [2.24, 2.45) is 0 Å². The average molecular weight is 389 g/mol. The van der Waals surface area contributed by atoms with E-state index in [1.54, 1.807) is 18.2 Å². The van der Waals surface area contributed by atoms with E-state index in [0.29, 0.717) is 0 Å². The minimum absolute atomic E-state index is 0.108. The van der Waals surface area contributed by atoms with Crippen LogP contribution in [0.25, 0.3) is 0 Å². The van der Waals surface area contributed by atoms with Crippen molar-refractivity contribution < 1.29 is 18.1 Å². The molecular weight excluding hydrogens is 370 g/mol. The van der Waals surface area contributed by atoms with Gasteiger partial charge in [-0.05, 0) is 37.1 Å². The van der Waals surface area contributed by atoms with Gasteiger partial charge in [-0.3, -0.25) is 19.6 Å². The number of nitro groups is 1. The van der Waals surface area contributed by atoms with Gasteiger partial charge in [0.15, 0.2) is 0 Å². The van der Waals surface area contributed by atoms with Crippen molar-refractivity contribution in [1.82, 2.24) is 5.32 Å². The number of non-ortho nitro benzene ring substituents is 1. The first kappa shape index (κ1) is 18.8. The second-order valence-electron chi connectivity index (χ2n) is 6.36. The zero-order valence-electron chi connectivity index (χ0n) is 14.4. The number of benzene rings is 2. The number of rotatable bonds is 6. The Morgan fingerprint density at radius 2 is 1.67 bits per heavy atom. The molecule has 0 spiro atoms. The third-order valence-corrected chi connectivity index (χ3v) is 5.85. The van der Waals surface area contributed by atoms with Gasteiger partial charge >= 0.3 is 0 Å². The first-order valence-corrected chi connectivity index (χ1v) is 10.0. The van der Waals surface area contributed by atoms with Gasteiger partial charge in [0.25, 0.3) is 21.6 Å². The summed E-state index contributed by atoms with van der Waals surface area (Å²) in [4.78, 5) is 22.5. The topological polar surface area (TPSA) is 118 Å². The summed E-state index contributed by atoms with van der Waals surface area (Å²) < 4.78 is 27.6. The highest BCUT2D eigenvalue weighted by Crippen LogP contribution is 2.23. The van der Waals surface area contributed by atoms with Crippen molar-refractivity contribution in [3.63, 3.8) is 0 Å². The van der Waals surface area contributed by atoms with Gasteiger partial charge in [-0.1, -0.05) is 25.0 Å². The van der Waals surface area contributed by atoms with Gasteiger partial charge < -0.3 is 5.32 Å². The van der Waals surface area contributed by atoms with Crippen molar-refractivity contribution in [3.8, 4) is 0 Å². The highest BCUT2D eigenvalue weighted by atomic mass is 32.2. The van der Waals surface area contributed by atoms with E-state index in [2.05, 4.69) is 10.0 Å². The number of para-hydroxylation sites is 1. The molecule has 0 atom stereocenters. The number of hydrogen-bond donors (Lipinski definition) is 2. The van der Waals surface area contributed by atoms with Crippen LogP contribution < -0.4 is 10.0 Å². The molecule has 0 heterocycles. The summed E-state index contributed by atoms with van der Waals surface area (Å²) in [6.07, 6.45) is 3.98. The van der Waals surface area contributed by atoms with E-state index in [4.69, 9.17) is 0 Å². The summed E-state index contributed by atoms with van der Waals surface area (Å²) in [6.45, 7) is 0. The van der Waals surface area contributed by atoms with Crippen molar-refractivity contribution in [2.75, 3.05) is 4.72 Å². The lowest BCUT2D eigenvalue weighted by atomic mass is 10.1. The average Bonchev–Trinajstić information content (AvgIpc) is 3.15. The zero-order chi connectivity index (χ0) is 19.4. The molecule has 0 unspecified atom stereocenters. The summed E-state index contributed by atoms with van der Waals surface area (Å²) in [5.41, 5.74) is 0.187. The number of anilines is 1. The molecule has 0 saturated heterocycles. The Hall–Kier alpha value is -2.94. The Kier molecular flexibility index (Phi) is 5.41. The van der Waals surface area contributed by atoms with E-state index in [9.17, 15) is 23.3 Å². The normalized spacial score (nSPS) is 14.7. The number of amides is 1. The minimum atomic E-state index is -3.99. The molecule has 0 aromatic heterocycles. The standard InChI is InChI=1S/C18H19N3O5S/c22-18(19-13-5-1-2-6-13)16-7-3-4-8-17(16)20-27(25,26)15-11-9-14(10-12-15)21(23)24/h3-4,7-13,20H,1-2,5-6H2,(H,19,22). The smallest absolute Gasteiger partial charge is 0.269 e. The third kappa shape index (κ3) is 4.43. The maximum atomic E-state index is 12.6. The van der Waals surface area contributed by atoms with Gasteiger partial charge in [-0.25, -0.2) is 8.42 Å². The lowest BCUT2D eigenvalue weighted by Crippen LogP contribution is -2.33. The molecule has 142 valence electrons. The quantitative estimate of drug-likeness (QED) is 0.581. The Labute approximate surface area is 156 Å². The van der Waals surface area contributed by atoms with Crippen LogP contribution in [0, 0.1) is 10.1 Å². The van der Waals surface area contributed by atoms with Crippen LogP contribution in [0.5, 0.6) is 0 Å². The molecule has 8 nitrogen and oxygen atoms in total. The van der Waals surface area contributed by atoms with E-state index >= 15 is 0 Å². The van der Waals surface area contributed by atoms with E-state index in [1.165, 1.54) is 6.07 Å². The second kappa shape index (κ2) is 7.75. The molecule has 9 heteroatoms. The SMILES string of the molecule is O=C(NC1CCCC1)c1ccccc1NS(=O)(=O)c1ccc([N+](=O)[O-])cc1. The largest absolute Gasteiger partial charge is 0.349 e. The molecule has 1 aliphatic carbocycles. The van der Waals surface area contributed by atoms with Crippen LogP contribution in [0.4, 0.5) is 11.4 Å². The predicted octanol–water partition coefficient (Wildman–Crippen LogP) is 3.07. The van der Waals surface area contributed by atoms with Crippen LogP contribution in [-0.2, 0) is 10.0 Å². The summed E-state index contributed by atoms with van der Waals surface area (Å²) in [6, 6.07) is 11.0. The van der Waals surface area contributed by atoms with Gasteiger partial charge in [0.2, 0.25) is 0 Å². The van der Waals surface area contributed by atoms with Crippen LogP contribution in [-0.4, -0.2) is 25.3 Å². The fourth-order valence-electron chi connectivity index (χ4n) is 3.05. The number of nitrogens with one attached hydrogen (secondary N) is 2. The lowest BCUT2D eigenvalue weighted by molar-refractivity contribution is -0.384. The molecule has 27 heavy (non-hydrogen) atoms. The van der Waals surface area contributed by atoms with Crippen molar-refractivity contribution in [2.45, 2.75) is 36.6 Å². The van der Waals surface area contributed by atoms with Crippen molar-refractivity contribution >= 4 is 27.3 Å². The summed E-state index contributed by atoms with van der Waals surface area (Å²) in [5, 5.41) is 13.6. The molecule has 3 rings (SSSR count). The monoisotopic (exact) mass is 389 g/mol. The Bertz CT molecular complexity index is 951. The molecule has 1 amide bonds. The lowest BCUT2D eigenvalue weighted by Gasteiger charge is -2.15. The molecule has 0 bridgehead atoms. The summed E-state index contributed by atoms with van der Waals surface area (Å²) >= 11 is 0. The van der Waals surface area contributed by atoms with Crippen molar-refractivity contribution in [1.29, 1.82) is 0 Å².